The summed E-state index contributed by atoms with van der Waals surface area (Å²) in [4.78, 5) is 11.2. The highest BCUT2D eigenvalue weighted by Crippen LogP contribution is 2.35. The van der Waals surface area contributed by atoms with Crippen LogP contribution in [-0.2, 0) is 13.2 Å². The molecule has 4 N–H and O–H groups in total. The second-order valence-corrected chi connectivity index (χ2v) is 3.85. The first kappa shape index (κ1) is 12.3. The molecule has 0 fully saturated rings. The van der Waals surface area contributed by atoms with E-state index in [9.17, 15) is 20.1 Å². The zero-order chi connectivity index (χ0) is 13.3. The Kier molecular flexibility index (Phi) is 3.18. The van der Waals surface area contributed by atoms with Crippen molar-refractivity contribution in [1.29, 1.82) is 0 Å². The van der Waals surface area contributed by atoms with Crippen LogP contribution in [0.3, 0.4) is 0 Å². The van der Waals surface area contributed by atoms with Crippen molar-refractivity contribution < 1.29 is 25.2 Å². The minimum Gasteiger partial charge on any atom is -0.507 e. The third-order valence-electron chi connectivity index (χ3n) is 2.93. The molecule has 2 aromatic carbocycles. The summed E-state index contributed by atoms with van der Waals surface area (Å²) in [5.41, 5.74) is -0.0618. The first-order valence-electron chi connectivity index (χ1n) is 5.32. The van der Waals surface area contributed by atoms with Crippen LogP contribution in [0.4, 0.5) is 0 Å². The molecule has 0 bridgehead atoms. The smallest absolute Gasteiger partial charge is 0.339 e. The monoisotopic (exact) mass is 248 g/mol. The number of fused-ring (bicyclic) bond motifs is 1. The third-order valence-corrected chi connectivity index (χ3v) is 2.93. The van der Waals surface area contributed by atoms with Crippen LogP contribution in [0.1, 0.15) is 21.5 Å². The summed E-state index contributed by atoms with van der Waals surface area (Å²) in [5.74, 6) is -1.83. The second-order valence-electron chi connectivity index (χ2n) is 3.85. The Morgan fingerprint density at radius 3 is 1.94 bits per heavy atom. The molecule has 0 atom stereocenters. The third kappa shape index (κ3) is 1.70. The highest BCUT2D eigenvalue weighted by molar-refractivity contribution is 6.02. The van der Waals surface area contributed by atoms with E-state index in [0.29, 0.717) is 10.8 Å². The van der Waals surface area contributed by atoms with Crippen molar-refractivity contribution in [3.8, 4) is 5.75 Å². The van der Waals surface area contributed by atoms with Crippen molar-refractivity contribution in [2.45, 2.75) is 13.2 Å². The van der Waals surface area contributed by atoms with Crippen molar-refractivity contribution in [3.63, 3.8) is 0 Å². The Morgan fingerprint density at radius 1 is 1.00 bits per heavy atom. The fraction of sp³-hybridized carbons (Fsp3) is 0.154. The molecule has 0 spiro atoms. The van der Waals surface area contributed by atoms with E-state index in [1.165, 1.54) is 0 Å². The number of aliphatic hydroxyl groups is 2. The van der Waals surface area contributed by atoms with Crippen LogP contribution in [0.2, 0.25) is 0 Å². The number of carboxylic acid groups (broad SMARTS) is 1. The van der Waals surface area contributed by atoms with Gasteiger partial charge >= 0.3 is 5.97 Å². The topological polar surface area (TPSA) is 98.0 Å². The lowest BCUT2D eigenvalue weighted by atomic mass is 9.94. The zero-order valence-electron chi connectivity index (χ0n) is 9.42. The predicted octanol–water partition coefficient (Wildman–Crippen LogP) is 1.23. The lowest BCUT2D eigenvalue weighted by molar-refractivity contribution is 0.0690. The van der Waals surface area contributed by atoms with Gasteiger partial charge in [0.1, 0.15) is 11.3 Å². The van der Waals surface area contributed by atoms with Gasteiger partial charge < -0.3 is 20.4 Å². The number of benzene rings is 2. The van der Waals surface area contributed by atoms with Gasteiger partial charge in [-0.1, -0.05) is 24.3 Å². The number of phenols is 1. The molecule has 0 unspecified atom stereocenters. The van der Waals surface area contributed by atoms with Crippen LogP contribution in [-0.4, -0.2) is 26.4 Å². The Morgan fingerprint density at radius 2 is 1.50 bits per heavy atom. The highest BCUT2D eigenvalue weighted by Gasteiger charge is 2.22. The average Bonchev–Trinajstić information content (AvgIpc) is 2.36. The van der Waals surface area contributed by atoms with Gasteiger partial charge in [-0.25, -0.2) is 4.79 Å². The molecule has 0 aliphatic carbocycles. The maximum Gasteiger partial charge on any atom is 0.339 e. The fourth-order valence-corrected chi connectivity index (χ4v) is 2.12. The number of carbonyl (C=O) groups is 1. The SMILES string of the molecule is O=C(O)c1c(O)c(CO)c2ccccc2c1CO. The highest BCUT2D eigenvalue weighted by atomic mass is 16.4. The van der Waals surface area contributed by atoms with E-state index in [0.717, 1.165) is 0 Å². The molecule has 2 rings (SSSR count). The predicted molar refractivity (Wildman–Crippen MR) is 64.4 cm³/mol. The Balaban J connectivity index is 3.00. The lowest BCUT2D eigenvalue weighted by Gasteiger charge is -2.14. The minimum atomic E-state index is -1.34. The first-order valence-corrected chi connectivity index (χ1v) is 5.32. The fourth-order valence-electron chi connectivity index (χ4n) is 2.12. The van der Waals surface area contributed by atoms with Crippen molar-refractivity contribution in [3.05, 3.63) is 41.0 Å². The molecule has 0 saturated heterocycles. The van der Waals surface area contributed by atoms with Gasteiger partial charge in [-0.05, 0) is 10.8 Å². The Labute approximate surface area is 103 Å². The molecule has 0 amide bonds. The van der Waals surface area contributed by atoms with Gasteiger partial charge in [-0.2, -0.15) is 0 Å². The van der Waals surface area contributed by atoms with Gasteiger partial charge in [0.15, 0.2) is 0 Å². The van der Waals surface area contributed by atoms with E-state index in [1.54, 1.807) is 24.3 Å². The van der Waals surface area contributed by atoms with Crippen molar-refractivity contribution in [2.24, 2.45) is 0 Å². The molecule has 0 heterocycles. The van der Waals surface area contributed by atoms with Gasteiger partial charge in [0.25, 0.3) is 0 Å². The van der Waals surface area contributed by atoms with E-state index in [2.05, 4.69) is 0 Å². The molecule has 0 aromatic heterocycles. The molecule has 0 aliphatic heterocycles. The molecule has 5 heteroatoms. The molecule has 0 radical (unpaired) electrons. The number of rotatable bonds is 3. The van der Waals surface area contributed by atoms with Crippen LogP contribution in [0.5, 0.6) is 5.75 Å². The summed E-state index contributed by atoms with van der Waals surface area (Å²) < 4.78 is 0. The van der Waals surface area contributed by atoms with E-state index in [-0.39, 0.29) is 16.7 Å². The summed E-state index contributed by atoms with van der Waals surface area (Å²) in [6.45, 7) is -0.972. The molecular weight excluding hydrogens is 236 g/mol. The van der Waals surface area contributed by atoms with E-state index in [4.69, 9.17) is 5.11 Å². The number of hydrogen-bond acceptors (Lipinski definition) is 4. The Bertz CT molecular complexity index is 618. The molecular formula is C13H12O5. The number of carboxylic acids is 1. The number of aromatic hydroxyl groups is 1. The van der Waals surface area contributed by atoms with Crippen LogP contribution in [0.25, 0.3) is 10.8 Å². The van der Waals surface area contributed by atoms with Crippen molar-refractivity contribution in [2.75, 3.05) is 0 Å². The lowest BCUT2D eigenvalue weighted by Crippen LogP contribution is -2.06. The van der Waals surface area contributed by atoms with Gasteiger partial charge in [-0.15, -0.1) is 0 Å². The standard InChI is InChI=1S/C13H12O5/c14-5-9-7-3-1-2-4-8(7)10(6-15)12(16)11(9)13(17)18/h1-4,14-16H,5-6H2,(H,17,18). The number of hydrogen-bond donors (Lipinski definition) is 4. The second kappa shape index (κ2) is 4.64. The summed E-state index contributed by atoms with van der Waals surface area (Å²) in [7, 11) is 0. The van der Waals surface area contributed by atoms with Gasteiger partial charge in [-0.3, -0.25) is 0 Å². The largest absolute Gasteiger partial charge is 0.507 e. The maximum absolute atomic E-state index is 11.2. The van der Waals surface area contributed by atoms with Gasteiger partial charge in [0, 0.05) is 11.1 Å². The average molecular weight is 248 g/mol. The molecule has 0 saturated carbocycles. The number of aliphatic hydroxyl groups excluding tert-OH is 2. The zero-order valence-corrected chi connectivity index (χ0v) is 9.42. The normalized spacial score (nSPS) is 10.8. The summed E-state index contributed by atoms with van der Waals surface area (Å²) in [6, 6.07) is 6.71. The van der Waals surface area contributed by atoms with Crippen LogP contribution in [0.15, 0.2) is 24.3 Å². The van der Waals surface area contributed by atoms with Gasteiger partial charge in [0.05, 0.1) is 13.2 Å². The summed E-state index contributed by atoms with van der Waals surface area (Å²) in [6.07, 6.45) is 0. The van der Waals surface area contributed by atoms with Crippen LogP contribution < -0.4 is 0 Å². The molecule has 2 aromatic rings. The molecule has 18 heavy (non-hydrogen) atoms. The Hall–Kier alpha value is -2.11. The maximum atomic E-state index is 11.2. The van der Waals surface area contributed by atoms with Crippen LogP contribution >= 0.6 is 0 Å². The van der Waals surface area contributed by atoms with Crippen molar-refractivity contribution in [1.82, 2.24) is 0 Å². The first-order chi connectivity index (χ1) is 8.61. The van der Waals surface area contributed by atoms with E-state index in [1.807, 2.05) is 0 Å². The summed E-state index contributed by atoms with van der Waals surface area (Å²) >= 11 is 0. The molecule has 0 aliphatic rings. The van der Waals surface area contributed by atoms with Crippen molar-refractivity contribution >= 4 is 16.7 Å². The number of aromatic carboxylic acids is 1. The van der Waals surface area contributed by atoms with Crippen LogP contribution in [0, 0.1) is 0 Å². The minimum absolute atomic E-state index is 0.146. The quantitative estimate of drug-likeness (QED) is 0.655. The van der Waals surface area contributed by atoms with E-state index >= 15 is 0 Å². The summed E-state index contributed by atoms with van der Waals surface area (Å²) in [5, 5.41) is 38.7. The van der Waals surface area contributed by atoms with Gasteiger partial charge in [0.2, 0.25) is 0 Å². The molecule has 5 nitrogen and oxygen atoms in total. The molecule has 94 valence electrons. The van der Waals surface area contributed by atoms with E-state index < -0.39 is 24.9 Å².